The van der Waals surface area contributed by atoms with E-state index in [2.05, 4.69) is 37.3 Å². The fourth-order valence-corrected chi connectivity index (χ4v) is 5.47. The third-order valence-electron chi connectivity index (χ3n) is 7.46. The van der Waals surface area contributed by atoms with Crippen molar-refractivity contribution < 1.29 is 4.74 Å². The smallest absolute Gasteiger partial charge is 0.118 e. The Labute approximate surface area is 174 Å². The van der Waals surface area contributed by atoms with Crippen molar-refractivity contribution in [2.45, 2.75) is 96.8 Å². The largest absolute Gasteiger partial charge is 0.497 e. The minimum absolute atomic E-state index is 0.958. The molecule has 0 N–H and O–H groups in total. The first kappa shape index (κ1) is 21.5. The zero-order valence-corrected chi connectivity index (χ0v) is 18.4. The molecule has 0 radical (unpaired) electrons. The summed E-state index contributed by atoms with van der Waals surface area (Å²) in [6.07, 6.45) is 22.5. The average Bonchev–Trinajstić information content (AvgIpc) is 2.76. The first-order valence-corrected chi connectivity index (χ1v) is 12.1. The number of benzene rings is 1. The molecule has 0 aliphatic heterocycles. The van der Waals surface area contributed by atoms with Crippen LogP contribution in [0.5, 0.6) is 5.75 Å². The number of hydrogen-bond acceptors (Lipinski definition) is 1. The number of hydrogen-bond donors (Lipinski definition) is 0. The summed E-state index contributed by atoms with van der Waals surface area (Å²) >= 11 is 0. The van der Waals surface area contributed by atoms with Crippen molar-refractivity contribution in [3.8, 4) is 5.75 Å². The van der Waals surface area contributed by atoms with Crippen molar-refractivity contribution in [1.29, 1.82) is 0 Å². The lowest BCUT2D eigenvalue weighted by molar-refractivity contribution is 0.185. The quantitative estimate of drug-likeness (QED) is 0.293. The molecule has 2 aliphatic rings. The highest BCUT2D eigenvalue weighted by Gasteiger charge is 2.28. The van der Waals surface area contributed by atoms with Crippen molar-refractivity contribution in [3.05, 3.63) is 41.5 Å². The van der Waals surface area contributed by atoms with Crippen LogP contribution in [0.25, 0.3) is 0 Å². The van der Waals surface area contributed by atoms with Crippen LogP contribution in [0.15, 0.2) is 35.9 Å². The SMILES string of the molecule is CCCCCC[C@H]1CC[C@H](C2CC=C(CCc3ccc(OC)cc3)CC2)CC1. The first-order chi connectivity index (χ1) is 13.8. The van der Waals surface area contributed by atoms with Gasteiger partial charge in [0.25, 0.3) is 0 Å². The molecule has 0 bridgehead atoms. The Morgan fingerprint density at radius 1 is 0.857 bits per heavy atom. The van der Waals surface area contributed by atoms with Crippen LogP contribution in [-0.2, 0) is 6.42 Å². The van der Waals surface area contributed by atoms with E-state index in [1.165, 1.54) is 95.5 Å². The standard InChI is InChI=1S/C27H42O/c1-3-4-5-6-7-22-10-16-25(17-11-22)26-18-12-23(13-19-26)8-9-24-14-20-27(28-2)21-15-24/h12,14-15,20-22,25-26H,3-11,13,16-19H2,1-2H3/t22-,25-,26?. The Morgan fingerprint density at radius 3 is 2.29 bits per heavy atom. The lowest BCUT2D eigenvalue weighted by Gasteiger charge is -2.35. The fraction of sp³-hybridized carbons (Fsp3) is 0.704. The summed E-state index contributed by atoms with van der Waals surface area (Å²) in [5, 5.41) is 0. The summed E-state index contributed by atoms with van der Waals surface area (Å²) in [6, 6.07) is 8.60. The molecule has 3 rings (SSSR count). The molecule has 0 spiro atoms. The van der Waals surface area contributed by atoms with Gasteiger partial charge in [-0.1, -0.05) is 75.7 Å². The Morgan fingerprint density at radius 2 is 1.64 bits per heavy atom. The van der Waals surface area contributed by atoms with Gasteiger partial charge in [0.1, 0.15) is 5.75 Å². The number of aryl methyl sites for hydroxylation is 1. The number of unbranched alkanes of at least 4 members (excludes halogenated alkanes) is 3. The maximum absolute atomic E-state index is 5.26. The molecular weight excluding hydrogens is 340 g/mol. The van der Waals surface area contributed by atoms with E-state index >= 15 is 0 Å². The van der Waals surface area contributed by atoms with Crippen LogP contribution in [0.4, 0.5) is 0 Å². The topological polar surface area (TPSA) is 9.23 Å². The molecule has 2 aliphatic carbocycles. The summed E-state index contributed by atoms with van der Waals surface area (Å²) in [5.41, 5.74) is 3.14. The summed E-state index contributed by atoms with van der Waals surface area (Å²) < 4.78 is 5.26. The van der Waals surface area contributed by atoms with E-state index in [9.17, 15) is 0 Å². The highest BCUT2D eigenvalue weighted by atomic mass is 16.5. The molecule has 0 amide bonds. The highest BCUT2D eigenvalue weighted by Crippen LogP contribution is 2.41. The zero-order valence-electron chi connectivity index (χ0n) is 18.4. The second-order valence-corrected chi connectivity index (χ2v) is 9.38. The van der Waals surface area contributed by atoms with Crippen molar-refractivity contribution >= 4 is 0 Å². The van der Waals surface area contributed by atoms with Crippen molar-refractivity contribution in [2.24, 2.45) is 17.8 Å². The van der Waals surface area contributed by atoms with Crippen LogP contribution in [0, 0.1) is 17.8 Å². The Balaban J connectivity index is 1.34. The van der Waals surface area contributed by atoms with Crippen molar-refractivity contribution in [2.75, 3.05) is 7.11 Å². The monoisotopic (exact) mass is 382 g/mol. The zero-order chi connectivity index (χ0) is 19.6. The molecule has 1 aromatic carbocycles. The third kappa shape index (κ3) is 6.68. The first-order valence-electron chi connectivity index (χ1n) is 12.1. The lowest BCUT2D eigenvalue weighted by Crippen LogP contribution is -2.23. The maximum Gasteiger partial charge on any atom is 0.118 e. The second-order valence-electron chi connectivity index (χ2n) is 9.38. The van der Waals surface area contributed by atoms with E-state index in [-0.39, 0.29) is 0 Å². The average molecular weight is 383 g/mol. The lowest BCUT2D eigenvalue weighted by atomic mass is 9.70. The van der Waals surface area contributed by atoms with Crippen LogP contribution in [0.2, 0.25) is 0 Å². The van der Waals surface area contributed by atoms with Crippen LogP contribution >= 0.6 is 0 Å². The molecule has 1 fully saturated rings. The normalized spacial score (nSPS) is 25.4. The Kier molecular flexibility index (Phi) is 8.96. The molecule has 1 unspecified atom stereocenters. The van der Waals surface area contributed by atoms with E-state index < -0.39 is 0 Å². The summed E-state index contributed by atoms with van der Waals surface area (Å²) in [4.78, 5) is 0. The van der Waals surface area contributed by atoms with E-state index in [0.717, 1.165) is 23.5 Å². The molecule has 1 saturated carbocycles. The number of ether oxygens (including phenoxy) is 1. The van der Waals surface area contributed by atoms with Gasteiger partial charge < -0.3 is 4.74 Å². The van der Waals surface area contributed by atoms with Gasteiger partial charge in [-0.15, -0.1) is 0 Å². The van der Waals surface area contributed by atoms with E-state index in [4.69, 9.17) is 4.74 Å². The van der Waals surface area contributed by atoms with E-state index in [0.29, 0.717) is 0 Å². The molecule has 1 aromatic rings. The van der Waals surface area contributed by atoms with Gasteiger partial charge in [-0.25, -0.2) is 0 Å². The molecule has 1 heteroatoms. The van der Waals surface area contributed by atoms with Crippen LogP contribution < -0.4 is 4.74 Å². The predicted octanol–water partition coefficient (Wildman–Crippen LogP) is 8.13. The van der Waals surface area contributed by atoms with E-state index in [1.807, 2.05) is 0 Å². The molecule has 28 heavy (non-hydrogen) atoms. The van der Waals surface area contributed by atoms with E-state index in [1.54, 1.807) is 12.7 Å². The van der Waals surface area contributed by atoms with Gasteiger partial charge in [0.05, 0.1) is 7.11 Å². The molecule has 1 atom stereocenters. The van der Waals surface area contributed by atoms with Crippen LogP contribution in [-0.4, -0.2) is 7.11 Å². The minimum Gasteiger partial charge on any atom is -0.497 e. The van der Waals surface area contributed by atoms with Crippen molar-refractivity contribution in [1.82, 2.24) is 0 Å². The molecule has 0 heterocycles. The van der Waals surface area contributed by atoms with Gasteiger partial charge in [0, 0.05) is 0 Å². The number of methoxy groups -OCH3 is 1. The van der Waals surface area contributed by atoms with Gasteiger partial charge in [0.15, 0.2) is 0 Å². The third-order valence-corrected chi connectivity index (χ3v) is 7.46. The molecule has 0 aromatic heterocycles. The highest BCUT2D eigenvalue weighted by molar-refractivity contribution is 5.27. The van der Waals surface area contributed by atoms with Gasteiger partial charge >= 0.3 is 0 Å². The Hall–Kier alpha value is -1.24. The van der Waals surface area contributed by atoms with Gasteiger partial charge in [-0.2, -0.15) is 0 Å². The second kappa shape index (κ2) is 11.7. The molecule has 1 nitrogen and oxygen atoms in total. The van der Waals surface area contributed by atoms with Crippen LogP contribution in [0.1, 0.15) is 96.0 Å². The molecule has 156 valence electrons. The Bertz CT molecular complexity index is 577. The fourth-order valence-electron chi connectivity index (χ4n) is 5.47. The van der Waals surface area contributed by atoms with Gasteiger partial charge in [0.2, 0.25) is 0 Å². The van der Waals surface area contributed by atoms with Crippen molar-refractivity contribution in [3.63, 3.8) is 0 Å². The number of rotatable bonds is 10. The summed E-state index contributed by atoms with van der Waals surface area (Å²) in [6.45, 7) is 2.31. The minimum atomic E-state index is 0.958. The summed E-state index contributed by atoms with van der Waals surface area (Å²) in [5.74, 6) is 4.00. The number of allylic oxidation sites excluding steroid dienone is 2. The summed E-state index contributed by atoms with van der Waals surface area (Å²) in [7, 11) is 1.73. The maximum atomic E-state index is 5.26. The van der Waals surface area contributed by atoms with Crippen LogP contribution in [0.3, 0.4) is 0 Å². The van der Waals surface area contributed by atoms with Gasteiger partial charge in [-0.05, 0) is 80.4 Å². The van der Waals surface area contributed by atoms with Gasteiger partial charge in [-0.3, -0.25) is 0 Å². The molecule has 0 saturated heterocycles. The molecular formula is C27H42O. The predicted molar refractivity (Wildman–Crippen MR) is 121 cm³/mol.